The van der Waals surface area contributed by atoms with Crippen molar-refractivity contribution in [1.29, 1.82) is 0 Å². The number of nitrogens with zero attached hydrogens (tertiary/aromatic N) is 1. The molecule has 3 rings (SSSR count). The summed E-state index contributed by atoms with van der Waals surface area (Å²) in [6, 6.07) is 0.763. The first-order valence-electron chi connectivity index (χ1n) is 12.1. The number of rotatable bonds is 10. The van der Waals surface area contributed by atoms with Crippen LogP contribution < -0.4 is 0 Å². The summed E-state index contributed by atoms with van der Waals surface area (Å²) in [4.78, 5) is 14.1. The van der Waals surface area contributed by atoms with Crippen molar-refractivity contribution in [2.45, 2.75) is 103 Å². The van der Waals surface area contributed by atoms with Crippen molar-refractivity contribution in [2.24, 2.45) is 23.7 Å². The van der Waals surface area contributed by atoms with Gasteiger partial charge in [0.25, 0.3) is 0 Å². The third-order valence-corrected chi connectivity index (χ3v) is 7.88. The number of aldehydes is 1. The van der Waals surface area contributed by atoms with Crippen LogP contribution in [0.15, 0.2) is 0 Å². The topological polar surface area (TPSA) is 29.5 Å². The molecule has 0 N–H and O–H groups in total. The highest BCUT2D eigenvalue weighted by Crippen LogP contribution is 2.47. The van der Waals surface area contributed by atoms with Crippen molar-refractivity contribution >= 4 is 6.29 Å². The Balaban J connectivity index is 1.56. The summed E-state index contributed by atoms with van der Waals surface area (Å²) in [5.41, 5.74) is 0. The van der Waals surface area contributed by atoms with Crippen LogP contribution in [0.2, 0.25) is 0 Å². The molecular formula is C24H43NO2. The van der Waals surface area contributed by atoms with E-state index in [4.69, 9.17) is 4.74 Å². The largest absolute Gasteiger partial charge is 0.378 e. The Labute approximate surface area is 167 Å². The maximum absolute atomic E-state index is 11.3. The maximum atomic E-state index is 11.3. The zero-order valence-corrected chi connectivity index (χ0v) is 17.9. The van der Waals surface area contributed by atoms with Gasteiger partial charge < -0.3 is 9.53 Å². The second-order valence-corrected chi connectivity index (χ2v) is 9.53. The van der Waals surface area contributed by atoms with E-state index in [2.05, 4.69) is 18.7 Å². The molecule has 0 amide bonds. The molecule has 0 aromatic rings. The SMILES string of the molecule is CCCCCCN1CC(CC=O)C2CC(C3CCCC(OCC)C3)CCC21. The zero-order valence-electron chi connectivity index (χ0n) is 17.9. The Kier molecular flexibility index (Phi) is 8.64. The smallest absolute Gasteiger partial charge is 0.120 e. The predicted octanol–water partition coefficient (Wildman–Crippen LogP) is 5.47. The van der Waals surface area contributed by atoms with Crippen LogP contribution in [0.3, 0.4) is 0 Å². The number of fused-ring (bicyclic) bond motifs is 1. The van der Waals surface area contributed by atoms with E-state index in [0.717, 1.165) is 36.8 Å². The highest BCUT2D eigenvalue weighted by Gasteiger charge is 2.45. The van der Waals surface area contributed by atoms with Crippen LogP contribution in [0.1, 0.15) is 90.9 Å². The van der Waals surface area contributed by atoms with Crippen LogP contribution in [0.5, 0.6) is 0 Å². The number of unbranched alkanes of at least 4 members (excludes halogenated alkanes) is 3. The molecule has 6 atom stereocenters. The van der Waals surface area contributed by atoms with Crippen LogP contribution >= 0.6 is 0 Å². The van der Waals surface area contributed by atoms with Crippen molar-refractivity contribution in [3.05, 3.63) is 0 Å². The molecule has 3 fully saturated rings. The highest BCUT2D eigenvalue weighted by atomic mass is 16.5. The Morgan fingerprint density at radius 3 is 2.63 bits per heavy atom. The molecule has 0 bridgehead atoms. The van der Waals surface area contributed by atoms with Crippen molar-refractivity contribution in [1.82, 2.24) is 4.90 Å². The van der Waals surface area contributed by atoms with Gasteiger partial charge in [-0.15, -0.1) is 0 Å². The molecule has 0 aromatic heterocycles. The fourth-order valence-corrected chi connectivity index (χ4v) is 6.55. The molecule has 3 nitrogen and oxygen atoms in total. The normalized spacial score (nSPS) is 37.3. The Morgan fingerprint density at radius 2 is 1.85 bits per heavy atom. The third kappa shape index (κ3) is 5.56. The highest BCUT2D eigenvalue weighted by molar-refractivity contribution is 5.50. The van der Waals surface area contributed by atoms with Gasteiger partial charge in [0.1, 0.15) is 6.29 Å². The van der Waals surface area contributed by atoms with Gasteiger partial charge in [-0.2, -0.15) is 0 Å². The molecule has 6 unspecified atom stereocenters. The van der Waals surface area contributed by atoms with Gasteiger partial charge in [-0.1, -0.05) is 32.6 Å². The lowest BCUT2D eigenvalue weighted by molar-refractivity contribution is -0.108. The fourth-order valence-electron chi connectivity index (χ4n) is 6.55. The number of carbonyl (C=O) groups is 1. The van der Waals surface area contributed by atoms with Gasteiger partial charge in [0, 0.05) is 25.6 Å². The van der Waals surface area contributed by atoms with Gasteiger partial charge in [0.05, 0.1) is 6.10 Å². The van der Waals surface area contributed by atoms with Gasteiger partial charge in [0.2, 0.25) is 0 Å². The molecule has 1 heterocycles. The van der Waals surface area contributed by atoms with E-state index >= 15 is 0 Å². The first-order valence-corrected chi connectivity index (χ1v) is 12.1. The second kappa shape index (κ2) is 11.0. The van der Waals surface area contributed by atoms with Crippen LogP contribution in [-0.4, -0.2) is 43.0 Å². The Morgan fingerprint density at radius 1 is 1.00 bits per heavy atom. The van der Waals surface area contributed by atoms with Crippen molar-refractivity contribution in [2.75, 3.05) is 19.7 Å². The number of ether oxygens (including phenoxy) is 1. The molecule has 2 saturated carbocycles. The monoisotopic (exact) mass is 377 g/mol. The van der Waals surface area contributed by atoms with E-state index in [0.29, 0.717) is 12.0 Å². The van der Waals surface area contributed by atoms with Crippen LogP contribution in [0.25, 0.3) is 0 Å². The minimum Gasteiger partial charge on any atom is -0.378 e. The molecule has 3 heteroatoms. The van der Waals surface area contributed by atoms with Gasteiger partial charge in [-0.05, 0) is 82.1 Å². The van der Waals surface area contributed by atoms with Crippen LogP contribution in [0.4, 0.5) is 0 Å². The molecule has 0 radical (unpaired) electrons. The number of hydrogen-bond donors (Lipinski definition) is 0. The summed E-state index contributed by atoms with van der Waals surface area (Å²) < 4.78 is 5.98. The van der Waals surface area contributed by atoms with Gasteiger partial charge in [-0.3, -0.25) is 4.90 Å². The van der Waals surface area contributed by atoms with Crippen LogP contribution in [0, 0.1) is 23.7 Å². The maximum Gasteiger partial charge on any atom is 0.120 e. The van der Waals surface area contributed by atoms with E-state index in [9.17, 15) is 4.79 Å². The van der Waals surface area contributed by atoms with Gasteiger partial charge >= 0.3 is 0 Å². The molecule has 156 valence electrons. The number of hydrogen-bond acceptors (Lipinski definition) is 3. The van der Waals surface area contributed by atoms with Crippen molar-refractivity contribution in [3.8, 4) is 0 Å². The van der Waals surface area contributed by atoms with Crippen LogP contribution in [-0.2, 0) is 9.53 Å². The first kappa shape index (κ1) is 21.3. The standard InChI is InChI=1S/C24H43NO2/c1-3-5-6-7-14-25-18-21(13-15-26)23-17-20(11-12-24(23)25)19-9-8-10-22(16-19)27-4-2/h15,19-24H,3-14,16-18H2,1-2H3. The summed E-state index contributed by atoms with van der Waals surface area (Å²) in [7, 11) is 0. The summed E-state index contributed by atoms with van der Waals surface area (Å²) in [6.07, 6.45) is 17.3. The predicted molar refractivity (Wildman–Crippen MR) is 112 cm³/mol. The zero-order chi connectivity index (χ0) is 19.1. The summed E-state index contributed by atoms with van der Waals surface area (Å²) >= 11 is 0. The molecule has 0 spiro atoms. The van der Waals surface area contributed by atoms with E-state index in [1.807, 2.05) is 0 Å². The quantitative estimate of drug-likeness (QED) is 0.373. The van der Waals surface area contributed by atoms with Crippen molar-refractivity contribution in [3.63, 3.8) is 0 Å². The van der Waals surface area contributed by atoms with E-state index < -0.39 is 0 Å². The molecule has 1 saturated heterocycles. The van der Waals surface area contributed by atoms with E-state index in [1.165, 1.54) is 90.0 Å². The number of carbonyl (C=O) groups excluding carboxylic acids is 1. The molecular weight excluding hydrogens is 334 g/mol. The minimum atomic E-state index is 0.510. The number of likely N-dealkylation sites (tertiary alicyclic amines) is 1. The van der Waals surface area contributed by atoms with Gasteiger partial charge in [0.15, 0.2) is 0 Å². The summed E-state index contributed by atoms with van der Waals surface area (Å²) in [5.74, 6) is 3.13. The lowest BCUT2D eigenvalue weighted by Crippen LogP contribution is -2.40. The average Bonchev–Trinajstić information content (AvgIpc) is 3.03. The summed E-state index contributed by atoms with van der Waals surface area (Å²) in [5, 5.41) is 0. The summed E-state index contributed by atoms with van der Waals surface area (Å²) in [6.45, 7) is 7.72. The second-order valence-electron chi connectivity index (χ2n) is 9.53. The molecule has 1 aliphatic heterocycles. The lowest BCUT2D eigenvalue weighted by Gasteiger charge is -2.42. The molecule has 2 aliphatic carbocycles. The van der Waals surface area contributed by atoms with E-state index in [1.54, 1.807) is 0 Å². The average molecular weight is 378 g/mol. The molecule has 0 aromatic carbocycles. The third-order valence-electron chi connectivity index (χ3n) is 7.88. The van der Waals surface area contributed by atoms with E-state index in [-0.39, 0.29) is 0 Å². The first-order chi connectivity index (χ1) is 13.3. The Bertz CT molecular complexity index is 438. The Hall–Kier alpha value is -0.410. The minimum absolute atomic E-state index is 0.510. The fraction of sp³-hybridized carbons (Fsp3) is 0.958. The molecule has 3 aliphatic rings. The molecule has 27 heavy (non-hydrogen) atoms. The van der Waals surface area contributed by atoms with Gasteiger partial charge in [-0.25, -0.2) is 0 Å². The van der Waals surface area contributed by atoms with Crippen molar-refractivity contribution < 1.29 is 9.53 Å². The lowest BCUT2D eigenvalue weighted by atomic mass is 9.66.